The Hall–Kier alpha value is -2.95. The number of halogens is 1. The van der Waals surface area contributed by atoms with E-state index < -0.39 is 17.5 Å². The summed E-state index contributed by atoms with van der Waals surface area (Å²) >= 11 is 0. The van der Waals surface area contributed by atoms with Gasteiger partial charge in [0, 0.05) is 29.3 Å². The van der Waals surface area contributed by atoms with Crippen LogP contribution in [0.1, 0.15) is 17.3 Å². The SMILES string of the molecule is CCN(C(=O)C(=O)c1c[nH]c2cc(F)ccc12)c1ccccc1. The standard InChI is InChI=1S/C18H15FN2O2/c1-2-21(13-6-4-3-5-7-13)18(23)17(22)15-11-20-16-10-12(19)8-9-14(15)16/h3-11,20H,2H2,1H3. The zero-order valence-electron chi connectivity index (χ0n) is 12.5. The van der Waals surface area contributed by atoms with Gasteiger partial charge in [-0.05, 0) is 37.3 Å². The Labute approximate surface area is 132 Å². The second-order valence-electron chi connectivity index (χ2n) is 5.11. The maximum absolute atomic E-state index is 13.2. The summed E-state index contributed by atoms with van der Waals surface area (Å²) in [6.07, 6.45) is 1.45. The van der Waals surface area contributed by atoms with Crippen molar-refractivity contribution in [1.29, 1.82) is 0 Å². The first-order chi connectivity index (χ1) is 11.1. The second-order valence-corrected chi connectivity index (χ2v) is 5.11. The lowest BCUT2D eigenvalue weighted by Crippen LogP contribution is -2.36. The van der Waals surface area contributed by atoms with Crippen molar-refractivity contribution in [3.8, 4) is 0 Å². The van der Waals surface area contributed by atoms with Crippen LogP contribution in [-0.2, 0) is 4.79 Å². The van der Waals surface area contributed by atoms with Gasteiger partial charge in [0.05, 0.1) is 5.56 Å². The molecule has 4 nitrogen and oxygen atoms in total. The fourth-order valence-corrected chi connectivity index (χ4v) is 2.58. The van der Waals surface area contributed by atoms with Gasteiger partial charge in [0.25, 0.3) is 11.7 Å². The molecular formula is C18H15FN2O2. The van der Waals surface area contributed by atoms with Crippen LogP contribution in [0.2, 0.25) is 0 Å². The Balaban J connectivity index is 1.96. The topological polar surface area (TPSA) is 53.2 Å². The minimum Gasteiger partial charge on any atom is -0.360 e. The molecule has 0 saturated carbocycles. The predicted octanol–water partition coefficient (Wildman–Crippen LogP) is 3.54. The number of para-hydroxylation sites is 1. The summed E-state index contributed by atoms with van der Waals surface area (Å²) in [4.78, 5) is 29.4. The minimum absolute atomic E-state index is 0.249. The number of Topliss-reactive ketones (excluding diaryl/α,β-unsaturated/α-hetero) is 1. The highest BCUT2D eigenvalue weighted by Gasteiger charge is 2.25. The largest absolute Gasteiger partial charge is 0.360 e. The number of amides is 1. The molecule has 0 spiro atoms. The van der Waals surface area contributed by atoms with Crippen LogP contribution in [0.4, 0.5) is 10.1 Å². The highest BCUT2D eigenvalue weighted by atomic mass is 19.1. The van der Waals surface area contributed by atoms with E-state index in [-0.39, 0.29) is 5.56 Å². The Morgan fingerprint density at radius 3 is 2.57 bits per heavy atom. The molecule has 5 heteroatoms. The summed E-state index contributed by atoms with van der Waals surface area (Å²) in [6, 6.07) is 13.1. The molecule has 0 fully saturated rings. The number of ketones is 1. The van der Waals surface area contributed by atoms with Crippen LogP contribution in [0.15, 0.2) is 54.7 Å². The van der Waals surface area contributed by atoms with Gasteiger partial charge in [-0.15, -0.1) is 0 Å². The van der Waals surface area contributed by atoms with Crippen molar-refractivity contribution in [2.75, 3.05) is 11.4 Å². The average molecular weight is 310 g/mol. The second kappa shape index (κ2) is 6.04. The van der Waals surface area contributed by atoms with Gasteiger partial charge in [0.2, 0.25) is 0 Å². The molecule has 0 radical (unpaired) electrons. The number of H-pyrrole nitrogens is 1. The van der Waals surface area contributed by atoms with Crippen molar-refractivity contribution in [3.05, 3.63) is 66.1 Å². The van der Waals surface area contributed by atoms with Crippen LogP contribution < -0.4 is 4.90 Å². The number of nitrogens with one attached hydrogen (secondary N) is 1. The molecule has 1 heterocycles. The third-order valence-corrected chi connectivity index (χ3v) is 3.71. The molecule has 0 saturated heterocycles. The average Bonchev–Trinajstić information content (AvgIpc) is 2.98. The molecule has 1 N–H and O–H groups in total. The van der Waals surface area contributed by atoms with E-state index in [1.165, 1.54) is 29.3 Å². The fraction of sp³-hybridized carbons (Fsp3) is 0.111. The van der Waals surface area contributed by atoms with Crippen LogP contribution in [-0.4, -0.2) is 23.2 Å². The van der Waals surface area contributed by atoms with Gasteiger partial charge in [-0.25, -0.2) is 4.39 Å². The number of hydrogen-bond acceptors (Lipinski definition) is 2. The van der Waals surface area contributed by atoms with Crippen LogP contribution in [0.25, 0.3) is 10.9 Å². The highest BCUT2D eigenvalue weighted by molar-refractivity contribution is 6.48. The van der Waals surface area contributed by atoms with E-state index in [0.717, 1.165) is 0 Å². The van der Waals surface area contributed by atoms with Crippen molar-refractivity contribution in [3.63, 3.8) is 0 Å². The number of fused-ring (bicyclic) bond motifs is 1. The van der Waals surface area contributed by atoms with E-state index in [4.69, 9.17) is 0 Å². The van der Waals surface area contributed by atoms with Crippen molar-refractivity contribution in [2.45, 2.75) is 6.92 Å². The molecule has 0 aliphatic rings. The van der Waals surface area contributed by atoms with Crippen LogP contribution in [0.5, 0.6) is 0 Å². The summed E-state index contributed by atoms with van der Waals surface area (Å²) in [6.45, 7) is 2.19. The van der Waals surface area contributed by atoms with Crippen LogP contribution in [0.3, 0.4) is 0 Å². The van der Waals surface area contributed by atoms with Gasteiger partial charge in [-0.2, -0.15) is 0 Å². The van der Waals surface area contributed by atoms with E-state index >= 15 is 0 Å². The quantitative estimate of drug-likeness (QED) is 0.592. The monoisotopic (exact) mass is 310 g/mol. The molecule has 1 aromatic heterocycles. The molecule has 23 heavy (non-hydrogen) atoms. The molecule has 0 unspecified atom stereocenters. The van der Waals surface area contributed by atoms with E-state index in [1.54, 1.807) is 12.1 Å². The molecule has 0 aliphatic heterocycles. The van der Waals surface area contributed by atoms with Gasteiger partial charge < -0.3 is 9.88 Å². The van der Waals surface area contributed by atoms with E-state index in [9.17, 15) is 14.0 Å². The molecule has 3 rings (SSSR count). The first kappa shape index (κ1) is 15.0. The lowest BCUT2D eigenvalue weighted by molar-refractivity contribution is -0.114. The van der Waals surface area contributed by atoms with Gasteiger partial charge >= 0.3 is 0 Å². The Morgan fingerprint density at radius 1 is 1.13 bits per heavy atom. The number of carbonyl (C=O) groups excluding carboxylic acids is 2. The molecule has 3 aromatic rings. The summed E-state index contributed by atoms with van der Waals surface area (Å²) in [5.41, 5.74) is 1.41. The summed E-state index contributed by atoms with van der Waals surface area (Å²) in [5, 5.41) is 0.536. The summed E-state index contributed by atoms with van der Waals surface area (Å²) in [7, 11) is 0. The zero-order chi connectivity index (χ0) is 16.4. The van der Waals surface area contributed by atoms with Gasteiger partial charge in [0.1, 0.15) is 5.82 Å². The first-order valence-corrected chi connectivity index (χ1v) is 7.29. The molecule has 0 bridgehead atoms. The third kappa shape index (κ3) is 2.73. The first-order valence-electron chi connectivity index (χ1n) is 7.29. The number of hydrogen-bond donors (Lipinski definition) is 1. The lowest BCUT2D eigenvalue weighted by Gasteiger charge is -2.19. The van der Waals surface area contributed by atoms with Crippen molar-refractivity contribution in [2.24, 2.45) is 0 Å². The number of aromatic amines is 1. The normalized spacial score (nSPS) is 10.7. The minimum atomic E-state index is -0.617. The summed E-state index contributed by atoms with van der Waals surface area (Å²) in [5.74, 6) is -1.62. The van der Waals surface area contributed by atoms with Crippen molar-refractivity contribution >= 4 is 28.3 Å². The Kier molecular flexibility index (Phi) is 3.93. The van der Waals surface area contributed by atoms with E-state index in [0.29, 0.717) is 23.1 Å². The van der Waals surface area contributed by atoms with Gasteiger partial charge in [0.15, 0.2) is 0 Å². The number of anilines is 1. The number of rotatable bonds is 4. The van der Waals surface area contributed by atoms with Crippen LogP contribution in [0, 0.1) is 5.82 Å². The van der Waals surface area contributed by atoms with E-state index in [2.05, 4.69) is 4.98 Å². The summed E-state index contributed by atoms with van der Waals surface area (Å²) < 4.78 is 13.2. The molecule has 116 valence electrons. The Bertz CT molecular complexity index is 871. The smallest absolute Gasteiger partial charge is 0.299 e. The molecular weight excluding hydrogens is 295 g/mol. The number of carbonyl (C=O) groups is 2. The molecule has 2 aromatic carbocycles. The number of aromatic nitrogens is 1. The molecule has 0 atom stereocenters. The Morgan fingerprint density at radius 2 is 1.87 bits per heavy atom. The van der Waals surface area contributed by atoms with Crippen LogP contribution >= 0.6 is 0 Å². The lowest BCUT2D eigenvalue weighted by atomic mass is 10.1. The predicted molar refractivity (Wildman–Crippen MR) is 87.1 cm³/mol. The van der Waals surface area contributed by atoms with Crippen molar-refractivity contribution in [1.82, 2.24) is 4.98 Å². The number of nitrogens with zero attached hydrogens (tertiary/aromatic N) is 1. The van der Waals surface area contributed by atoms with Crippen molar-refractivity contribution < 1.29 is 14.0 Å². The third-order valence-electron chi connectivity index (χ3n) is 3.71. The maximum atomic E-state index is 13.2. The van der Waals surface area contributed by atoms with Gasteiger partial charge in [-0.3, -0.25) is 9.59 Å². The highest BCUT2D eigenvalue weighted by Crippen LogP contribution is 2.21. The van der Waals surface area contributed by atoms with E-state index in [1.807, 2.05) is 25.1 Å². The fourth-order valence-electron chi connectivity index (χ4n) is 2.58. The molecule has 0 aliphatic carbocycles. The maximum Gasteiger partial charge on any atom is 0.299 e. The number of benzene rings is 2. The molecule has 1 amide bonds. The number of likely N-dealkylation sites (N-methyl/N-ethyl adjacent to an activating group) is 1. The zero-order valence-corrected chi connectivity index (χ0v) is 12.5. The van der Waals surface area contributed by atoms with Gasteiger partial charge in [-0.1, -0.05) is 18.2 Å².